The number of fused-ring (bicyclic) bond motifs is 1. The Balaban J connectivity index is 1.58. The summed E-state index contributed by atoms with van der Waals surface area (Å²) in [5.74, 6) is 0.436. The SMILES string of the molecule is CCCCc1c(C)nc2nc(SCC(=O)N(CC)CC(=O)NCc3cccs3)nn2c1C. The first kappa shape index (κ1) is 24.2. The minimum absolute atomic E-state index is 0.0422. The summed E-state index contributed by atoms with van der Waals surface area (Å²) in [6.45, 7) is 9.07. The number of aromatic nitrogens is 4. The number of thiophene rings is 1. The number of carbonyl (C=O) groups is 2. The molecule has 0 aliphatic heterocycles. The zero-order chi connectivity index (χ0) is 23.1. The van der Waals surface area contributed by atoms with Crippen LogP contribution in [0.4, 0.5) is 0 Å². The van der Waals surface area contributed by atoms with Crippen molar-refractivity contribution in [2.75, 3.05) is 18.8 Å². The van der Waals surface area contributed by atoms with Crippen LogP contribution >= 0.6 is 23.1 Å². The van der Waals surface area contributed by atoms with E-state index in [-0.39, 0.29) is 24.1 Å². The van der Waals surface area contributed by atoms with E-state index >= 15 is 0 Å². The van der Waals surface area contributed by atoms with Gasteiger partial charge >= 0.3 is 0 Å². The van der Waals surface area contributed by atoms with Gasteiger partial charge < -0.3 is 10.2 Å². The summed E-state index contributed by atoms with van der Waals surface area (Å²) in [6.07, 6.45) is 3.20. The molecule has 8 nitrogen and oxygen atoms in total. The van der Waals surface area contributed by atoms with E-state index in [1.54, 1.807) is 20.8 Å². The lowest BCUT2D eigenvalue weighted by atomic mass is 10.1. The summed E-state index contributed by atoms with van der Waals surface area (Å²) in [5.41, 5.74) is 3.24. The van der Waals surface area contributed by atoms with Gasteiger partial charge in [0.15, 0.2) is 0 Å². The van der Waals surface area contributed by atoms with Crippen LogP contribution in [0.25, 0.3) is 5.78 Å². The lowest BCUT2D eigenvalue weighted by molar-refractivity contribution is -0.133. The van der Waals surface area contributed by atoms with E-state index in [1.165, 1.54) is 17.3 Å². The molecule has 3 rings (SSSR count). The Hall–Kier alpha value is -2.46. The first-order valence-electron chi connectivity index (χ1n) is 10.8. The van der Waals surface area contributed by atoms with Crippen LogP contribution in [0.5, 0.6) is 0 Å². The average Bonchev–Trinajstić information content (AvgIpc) is 3.44. The van der Waals surface area contributed by atoms with E-state index in [0.29, 0.717) is 24.0 Å². The molecular weight excluding hydrogens is 444 g/mol. The van der Waals surface area contributed by atoms with E-state index in [0.717, 1.165) is 35.5 Å². The van der Waals surface area contributed by atoms with Gasteiger partial charge in [-0.25, -0.2) is 9.50 Å². The summed E-state index contributed by atoms with van der Waals surface area (Å²) in [6, 6.07) is 3.92. The normalized spacial score (nSPS) is 11.1. The van der Waals surface area contributed by atoms with Gasteiger partial charge in [-0.15, -0.1) is 16.4 Å². The zero-order valence-corrected chi connectivity index (χ0v) is 20.7. The third-order valence-corrected chi connectivity index (χ3v) is 6.94. The van der Waals surface area contributed by atoms with Crippen LogP contribution in [0.2, 0.25) is 0 Å². The fraction of sp³-hybridized carbons (Fsp3) is 0.500. The highest BCUT2D eigenvalue weighted by molar-refractivity contribution is 7.99. The summed E-state index contributed by atoms with van der Waals surface area (Å²) in [5, 5.41) is 9.90. The summed E-state index contributed by atoms with van der Waals surface area (Å²) >= 11 is 2.86. The molecule has 0 unspecified atom stereocenters. The van der Waals surface area contributed by atoms with Gasteiger partial charge in [-0.2, -0.15) is 4.98 Å². The summed E-state index contributed by atoms with van der Waals surface area (Å²) in [4.78, 5) is 36.6. The van der Waals surface area contributed by atoms with Crippen molar-refractivity contribution in [3.05, 3.63) is 39.3 Å². The highest BCUT2D eigenvalue weighted by Gasteiger charge is 2.18. The minimum Gasteiger partial charge on any atom is -0.350 e. The number of nitrogens with zero attached hydrogens (tertiary/aromatic N) is 5. The van der Waals surface area contributed by atoms with Crippen LogP contribution in [0.3, 0.4) is 0 Å². The number of aryl methyl sites for hydroxylation is 2. The number of thioether (sulfide) groups is 1. The standard InChI is InChI=1S/C22H30N6O2S2/c1-5-7-10-18-15(3)24-21-25-22(26-28(21)16(18)4)32-14-20(30)27(6-2)13-19(29)23-12-17-9-8-11-31-17/h8-9,11H,5-7,10,12-14H2,1-4H3,(H,23,29). The molecule has 3 aromatic rings. The van der Waals surface area contributed by atoms with Gasteiger partial charge in [-0.3, -0.25) is 9.59 Å². The first-order chi connectivity index (χ1) is 15.4. The van der Waals surface area contributed by atoms with Crippen LogP contribution in [0.15, 0.2) is 22.7 Å². The predicted molar refractivity (Wildman–Crippen MR) is 128 cm³/mol. The van der Waals surface area contributed by atoms with Crippen molar-refractivity contribution in [1.29, 1.82) is 0 Å². The molecule has 0 atom stereocenters. The number of amides is 2. The van der Waals surface area contributed by atoms with Gasteiger partial charge in [0.05, 0.1) is 18.8 Å². The molecule has 172 valence electrons. The molecule has 10 heteroatoms. The molecule has 0 saturated carbocycles. The van der Waals surface area contributed by atoms with Crippen LogP contribution in [0, 0.1) is 13.8 Å². The minimum atomic E-state index is -0.167. The smallest absolute Gasteiger partial charge is 0.253 e. The Bertz CT molecular complexity index is 1060. The number of unbranched alkanes of at least 4 members (excludes halogenated alkanes) is 1. The molecular formula is C22H30N6O2S2. The molecule has 0 aromatic carbocycles. The van der Waals surface area contributed by atoms with Crippen molar-refractivity contribution in [3.8, 4) is 0 Å². The highest BCUT2D eigenvalue weighted by atomic mass is 32.2. The number of carbonyl (C=O) groups excluding carboxylic acids is 2. The maximum atomic E-state index is 12.7. The molecule has 0 bridgehead atoms. The quantitative estimate of drug-likeness (QED) is 0.428. The van der Waals surface area contributed by atoms with Gasteiger partial charge in [0.25, 0.3) is 5.78 Å². The van der Waals surface area contributed by atoms with E-state index in [2.05, 4.69) is 27.3 Å². The van der Waals surface area contributed by atoms with Crippen molar-refractivity contribution in [2.45, 2.75) is 58.7 Å². The summed E-state index contributed by atoms with van der Waals surface area (Å²) < 4.78 is 1.76. The summed E-state index contributed by atoms with van der Waals surface area (Å²) in [7, 11) is 0. The van der Waals surface area contributed by atoms with E-state index < -0.39 is 0 Å². The van der Waals surface area contributed by atoms with E-state index in [1.807, 2.05) is 38.3 Å². The molecule has 3 heterocycles. The fourth-order valence-corrected chi connectivity index (χ4v) is 4.75. The van der Waals surface area contributed by atoms with Gasteiger partial charge in [-0.1, -0.05) is 31.2 Å². The van der Waals surface area contributed by atoms with Crippen LogP contribution < -0.4 is 5.32 Å². The maximum Gasteiger partial charge on any atom is 0.253 e. The molecule has 0 saturated heterocycles. The largest absolute Gasteiger partial charge is 0.350 e. The average molecular weight is 475 g/mol. The second-order valence-corrected chi connectivity index (χ2v) is 9.50. The maximum absolute atomic E-state index is 12.7. The van der Waals surface area contributed by atoms with Crippen molar-refractivity contribution >= 4 is 40.7 Å². The highest BCUT2D eigenvalue weighted by Crippen LogP contribution is 2.20. The van der Waals surface area contributed by atoms with Crippen LogP contribution in [-0.2, 0) is 22.6 Å². The molecule has 0 fully saturated rings. The second kappa shape index (κ2) is 11.4. The number of hydrogen-bond acceptors (Lipinski definition) is 7. The Morgan fingerprint density at radius 1 is 1.25 bits per heavy atom. The third-order valence-electron chi connectivity index (χ3n) is 5.24. The zero-order valence-electron chi connectivity index (χ0n) is 19.1. The number of likely N-dealkylation sites (N-methyl/N-ethyl adjacent to an activating group) is 1. The molecule has 3 aromatic heterocycles. The molecule has 0 aliphatic carbocycles. The Morgan fingerprint density at radius 3 is 2.75 bits per heavy atom. The first-order valence-corrected chi connectivity index (χ1v) is 12.7. The second-order valence-electron chi connectivity index (χ2n) is 7.52. The predicted octanol–water partition coefficient (Wildman–Crippen LogP) is 3.40. The van der Waals surface area contributed by atoms with Crippen molar-refractivity contribution in [2.24, 2.45) is 0 Å². The fourth-order valence-electron chi connectivity index (χ4n) is 3.39. The lowest BCUT2D eigenvalue weighted by Crippen LogP contribution is -2.41. The molecule has 0 spiro atoms. The van der Waals surface area contributed by atoms with Crippen LogP contribution in [0.1, 0.15) is 48.5 Å². The molecule has 0 radical (unpaired) electrons. The van der Waals surface area contributed by atoms with E-state index in [4.69, 9.17) is 0 Å². The van der Waals surface area contributed by atoms with Crippen molar-refractivity contribution in [3.63, 3.8) is 0 Å². The third kappa shape index (κ3) is 6.07. The topological polar surface area (TPSA) is 92.5 Å². The molecule has 0 aliphatic rings. The molecule has 32 heavy (non-hydrogen) atoms. The Morgan fingerprint density at radius 2 is 2.06 bits per heavy atom. The van der Waals surface area contributed by atoms with Crippen molar-refractivity contribution in [1.82, 2.24) is 29.8 Å². The monoisotopic (exact) mass is 474 g/mol. The lowest BCUT2D eigenvalue weighted by Gasteiger charge is -2.19. The van der Waals surface area contributed by atoms with Gasteiger partial charge in [-0.05, 0) is 50.6 Å². The number of hydrogen-bond donors (Lipinski definition) is 1. The molecule has 2 amide bonds. The van der Waals surface area contributed by atoms with Gasteiger partial charge in [0, 0.05) is 22.8 Å². The van der Waals surface area contributed by atoms with Gasteiger partial charge in [0.1, 0.15) is 0 Å². The Labute approximate surface area is 196 Å². The number of nitrogens with one attached hydrogen (secondary N) is 1. The number of rotatable bonds is 11. The van der Waals surface area contributed by atoms with E-state index in [9.17, 15) is 9.59 Å². The van der Waals surface area contributed by atoms with Crippen LogP contribution in [-0.4, -0.2) is 55.1 Å². The Kier molecular flexibility index (Phi) is 8.63. The van der Waals surface area contributed by atoms with Gasteiger partial charge in [0.2, 0.25) is 17.0 Å². The molecule has 1 N–H and O–H groups in total. The van der Waals surface area contributed by atoms with Crippen molar-refractivity contribution < 1.29 is 9.59 Å².